The van der Waals surface area contributed by atoms with Crippen LogP contribution in [0.25, 0.3) is 21.8 Å². The van der Waals surface area contributed by atoms with E-state index < -0.39 is 0 Å². The molecule has 0 N–H and O–H groups in total. The van der Waals surface area contributed by atoms with E-state index in [1.165, 1.54) is 28.7 Å². The second kappa shape index (κ2) is 5.24. The van der Waals surface area contributed by atoms with Crippen molar-refractivity contribution in [2.75, 3.05) is 0 Å². The van der Waals surface area contributed by atoms with E-state index in [0.717, 1.165) is 5.56 Å². The minimum atomic E-state index is -0.250. The van der Waals surface area contributed by atoms with Gasteiger partial charge in [0.15, 0.2) is 0 Å². The summed E-state index contributed by atoms with van der Waals surface area (Å²) in [7, 11) is 0. The van der Waals surface area contributed by atoms with E-state index in [9.17, 15) is 4.79 Å². The lowest BCUT2D eigenvalue weighted by molar-refractivity contribution is -0.142. The molecule has 0 aliphatic carbocycles. The lowest BCUT2D eigenvalue weighted by Crippen LogP contribution is -2.01. The van der Waals surface area contributed by atoms with E-state index in [-0.39, 0.29) is 5.97 Å². The van der Waals surface area contributed by atoms with Crippen LogP contribution in [0.3, 0.4) is 0 Å². The van der Waals surface area contributed by atoms with E-state index in [1.807, 2.05) is 12.1 Å². The minimum Gasteiger partial charge on any atom is -0.461 e. The molecule has 108 valence electrons. The van der Waals surface area contributed by atoms with Crippen molar-refractivity contribution in [1.29, 1.82) is 0 Å². The summed E-state index contributed by atoms with van der Waals surface area (Å²) >= 11 is 0. The SMILES string of the molecule is CC(=O)OCc1cccc2c1c1ccccc1n2C(C)C. The predicted octanol–water partition coefficient (Wildman–Crippen LogP) is 4.44. The van der Waals surface area contributed by atoms with Crippen LogP contribution in [0.2, 0.25) is 0 Å². The van der Waals surface area contributed by atoms with Crippen LogP contribution in [-0.2, 0) is 16.1 Å². The van der Waals surface area contributed by atoms with Crippen molar-refractivity contribution >= 4 is 27.8 Å². The van der Waals surface area contributed by atoms with Crippen LogP contribution in [-0.4, -0.2) is 10.5 Å². The highest BCUT2D eigenvalue weighted by Gasteiger charge is 2.15. The molecule has 1 heterocycles. The summed E-state index contributed by atoms with van der Waals surface area (Å²) < 4.78 is 7.54. The summed E-state index contributed by atoms with van der Waals surface area (Å²) in [6.07, 6.45) is 0. The number of aromatic nitrogens is 1. The Kier molecular flexibility index (Phi) is 3.42. The number of benzene rings is 2. The zero-order valence-electron chi connectivity index (χ0n) is 12.6. The molecule has 0 saturated carbocycles. The van der Waals surface area contributed by atoms with E-state index in [2.05, 4.69) is 48.7 Å². The first-order chi connectivity index (χ1) is 10.1. The van der Waals surface area contributed by atoms with Crippen molar-refractivity contribution in [2.24, 2.45) is 0 Å². The number of rotatable bonds is 3. The topological polar surface area (TPSA) is 31.2 Å². The quantitative estimate of drug-likeness (QED) is 0.665. The molecule has 3 heteroatoms. The first-order valence-corrected chi connectivity index (χ1v) is 7.23. The fourth-order valence-corrected chi connectivity index (χ4v) is 2.98. The molecule has 0 aliphatic heterocycles. The van der Waals surface area contributed by atoms with Crippen molar-refractivity contribution in [3.63, 3.8) is 0 Å². The number of hydrogen-bond donors (Lipinski definition) is 0. The van der Waals surface area contributed by atoms with Crippen molar-refractivity contribution in [2.45, 2.75) is 33.4 Å². The van der Waals surface area contributed by atoms with Crippen molar-refractivity contribution in [3.05, 3.63) is 48.0 Å². The van der Waals surface area contributed by atoms with Gasteiger partial charge in [0, 0.05) is 34.8 Å². The monoisotopic (exact) mass is 281 g/mol. The molecule has 0 spiro atoms. The fourth-order valence-electron chi connectivity index (χ4n) is 2.98. The number of carbonyl (C=O) groups is 1. The summed E-state index contributed by atoms with van der Waals surface area (Å²) in [6.45, 7) is 6.13. The molecule has 0 amide bonds. The molecule has 0 fully saturated rings. The fraction of sp³-hybridized carbons (Fsp3) is 0.278. The van der Waals surface area contributed by atoms with Gasteiger partial charge in [0.05, 0.1) is 0 Å². The van der Waals surface area contributed by atoms with Gasteiger partial charge in [0.1, 0.15) is 6.61 Å². The third kappa shape index (κ3) is 2.29. The molecule has 3 aromatic rings. The molecular weight excluding hydrogens is 262 g/mol. The lowest BCUT2D eigenvalue weighted by atomic mass is 10.1. The molecule has 0 atom stereocenters. The molecule has 0 saturated heterocycles. The second-order valence-electron chi connectivity index (χ2n) is 5.57. The van der Waals surface area contributed by atoms with Gasteiger partial charge in [-0.25, -0.2) is 0 Å². The van der Waals surface area contributed by atoms with Gasteiger partial charge >= 0.3 is 5.97 Å². The average Bonchev–Trinajstić information content (AvgIpc) is 2.80. The molecule has 0 aliphatic rings. The molecule has 3 rings (SSSR count). The Balaban J connectivity index is 2.32. The highest BCUT2D eigenvalue weighted by atomic mass is 16.5. The summed E-state index contributed by atoms with van der Waals surface area (Å²) in [4.78, 5) is 11.1. The zero-order valence-corrected chi connectivity index (χ0v) is 12.6. The van der Waals surface area contributed by atoms with Crippen LogP contribution in [0.4, 0.5) is 0 Å². The van der Waals surface area contributed by atoms with Gasteiger partial charge in [-0.05, 0) is 31.5 Å². The van der Waals surface area contributed by atoms with E-state index in [0.29, 0.717) is 12.6 Å². The van der Waals surface area contributed by atoms with Gasteiger partial charge in [0.25, 0.3) is 0 Å². The lowest BCUT2D eigenvalue weighted by Gasteiger charge is -2.11. The van der Waals surface area contributed by atoms with E-state index in [4.69, 9.17) is 4.74 Å². The number of ether oxygens (including phenoxy) is 1. The number of para-hydroxylation sites is 1. The van der Waals surface area contributed by atoms with Gasteiger partial charge in [-0.15, -0.1) is 0 Å². The molecule has 1 aromatic heterocycles. The third-order valence-electron chi connectivity index (χ3n) is 3.77. The Bertz CT molecular complexity index is 815. The molecule has 0 bridgehead atoms. The minimum absolute atomic E-state index is 0.250. The number of hydrogen-bond acceptors (Lipinski definition) is 2. The van der Waals surface area contributed by atoms with Gasteiger partial charge in [0.2, 0.25) is 0 Å². The number of nitrogens with zero attached hydrogens (tertiary/aromatic N) is 1. The first kappa shape index (κ1) is 13.7. The van der Waals surface area contributed by atoms with Gasteiger partial charge in [-0.1, -0.05) is 30.3 Å². The van der Waals surface area contributed by atoms with Crippen molar-refractivity contribution < 1.29 is 9.53 Å². The van der Waals surface area contributed by atoms with Crippen LogP contribution in [0.15, 0.2) is 42.5 Å². The number of carbonyl (C=O) groups excluding carboxylic acids is 1. The van der Waals surface area contributed by atoms with Gasteiger partial charge < -0.3 is 9.30 Å². The van der Waals surface area contributed by atoms with Gasteiger partial charge in [-0.3, -0.25) is 4.79 Å². The van der Waals surface area contributed by atoms with E-state index >= 15 is 0 Å². The smallest absolute Gasteiger partial charge is 0.302 e. The summed E-state index contributed by atoms with van der Waals surface area (Å²) in [6, 6.07) is 14.9. The predicted molar refractivity (Wildman–Crippen MR) is 85.3 cm³/mol. The van der Waals surface area contributed by atoms with Crippen LogP contribution in [0.5, 0.6) is 0 Å². The molecule has 0 radical (unpaired) electrons. The maximum absolute atomic E-state index is 11.1. The molecule has 3 nitrogen and oxygen atoms in total. The van der Waals surface area contributed by atoms with Crippen LogP contribution in [0.1, 0.15) is 32.4 Å². The van der Waals surface area contributed by atoms with Crippen LogP contribution < -0.4 is 0 Å². The zero-order chi connectivity index (χ0) is 15.0. The second-order valence-corrected chi connectivity index (χ2v) is 5.57. The summed E-state index contributed by atoms with van der Waals surface area (Å²) in [5, 5.41) is 2.40. The molecule has 0 unspecified atom stereocenters. The maximum Gasteiger partial charge on any atom is 0.302 e. The maximum atomic E-state index is 11.1. The molecule has 21 heavy (non-hydrogen) atoms. The summed E-state index contributed by atoms with van der Waals surface area (Å²) in [5.41, 5.74) is 3.46. The number of fused-ring (bicyclic) bond motifs is 3. The van der Waals surface area contributed by atoms with Crippen molar-refractivity contribution in [3.8, 4) is 0 Å². The van der Waals surface area contributed by atoms with Crippen LogP contribution in [0, 0.1) is 0 Å². The highest BCUT2D eigenvalue weighted by molar-refractivity contribution is 6.09. The Labute approximate surface area is 124 Å². The Morgan fingerprint density at radius 3 is 2.52 bits per heavy atom. The van der Waals surface area contributed by atoms with Crippen molar-refractivity contribution in [1.82, 2.24) is 4.57 Å². The molecular formula is C18H19NO2. The Morgan fingerprint density at radius 1 is 1.10 bits per heavy atom. The molecule has 2 aromatic carbocycles. The number of esters is 1. The average molecular weight is 281 g/mol. The third-order valence-corrected chi connectivity index (χ3v) is 3.77. The van der Waals surface area contributed by atoms with Gasteiger partial charge in [-0.2, -0.15) is 0 Å². The van der Waals surface area contributed by atoms with E-state index in [1.54, 1.807) is 0 Å². The largest absolute Gasteiger partial charge is 0.461 e. The Morgan fingerprint density at radius 2 is 1.81 bits per heavy atom. The first-order valence-electron chi connectivity index (χ1n) is 7.23. The summed E-state index contributed by atoms with van der Waals surface area (Å²) in [5.74, 6) is -0.250. The standard InChI is InChI=1S/C18H19NO2/c1-12(2)19-16-9-5-4-8-15(16)18-14(11-21-13(3)20)7-6-10-17(18)19/h4-10,12H,11H2,1-3H3. The Hall–Kier alpha value is -2.29. The highest BCUT2D eigenvalue weighted by Crippen LogP contribution is 2.34. The normalized spacial score (nSPS) is 11.4. The van der Waals surface area contributed by atoms with Crippen LogP contribution >= 0.6 is 0 Å².